The van der Waals surface area contributed by atoms with Crippen LogP contribution in [0.5, 0.6) is 0 Å². The van der Waals surface area contributed by atoms with Crippen molar-refractivity contribution in [3.63, 3.8) is 0 Å². The molecule has 1 aliphatic rings. The molecule has 0 bridgehead atoms. The number of rotatable bonds is 4. The summed E-state index contributed by atoms with van der Waals surface area (Å²) in [7, 11) is 4.36. The fourth-order valence-electron chi connectivity index (χ4n) is 5.35. The Kier molecular flexibility index (Phi) is 6.09. The number of aryl methyl sites for hydroxylation is 2. The van der Waals surface area contributed by atoms with Gasteiger partial charge in [-0.05, 0) is 60.1 Å². The standard InChI is InChI=1S/C31H34N2/c1-23-17-18-26(24-11-6-4-7-12-24)21-28(23)29-15-10-16-30(33(29)3)31-22-27(19-20-32(31)2)25-13-8-5-9-14-25/h4,6-7,10-12,15-22,25H,5,8-9,13-14H2,1-3H3/q+2. The fraction of sp³-hybridized carbons (Fsp3) is 0.290. The lowest BCUT2D eigenvalue weighted by Crippen LogP contribution is -2.40. The van der Waals surface area contributed by atoms with Gasteiger partial charge in [0.05, 0.1) is 0 Å². The monoisotopic (exact) mass is 434 g/mol. The maximum Gasteiger partial charge on any atom is 0.277 e. The molecule has 2 heterocycles. The quantitative estimate of drug-likeness (QED) is 0.316. The summed E-state index contributed by atoms with van der Waals surface area (Å²) < 4.78 is 4.62. The van der Waals surface area contributed by atoms with Crippen LogP contribution in [0, 0.1) is 6.92 Å². The summed E-state index contributed by atoms with van der Waals surface area (Å²) in [5.74, 6) is 0.706. The van der Waals surface area contributed by atoms with Gasteiger partial charge in [-0.15, -0.1) is 0 Å². The first kappa shape index (κ1) is 21.6. The van der Waals surface area contributed by atoms with E-state index in [-0.39, 0.29) is 0 Å². The summed E-state index contributed by atoms with van der Waals surface area (Å²) in [6.07, 6.45) is 9.01. The van der Waals surface area contributed by atoms with E-state index in [4.69, 9.17) is 0 Å². The Hall–Kier alpha value is -3.26. The summed E-state index contributed by atoms with van der Waals surface area (Å²) in [6.45, 7) is 2.21. The van der Waals surface area contributed by atoms with Gasteiger partial charge in [-0.2, -0.15) is 9.13 Å². The number of pyridine rings is 2. The van der Waals surface area contributed by atoms with Crippen LogP contribution in [0.15, 0.2) is 85.1 Å². The molecule has 0 amide bonds. The van der Waals surface area contributed by atoms with Crippen LogP contribution in [0.25, 0.3) is 33.8 Å². The molecule has 2 aromatic heterocycles. The third-order valence-electron chi connectivity index (χ3n) is 7.36. The average molecular weight is 435 g/mol. The van der Waals surface area contributed by atoms with Crippen LogP contribution in [0.2, 0.25) is 0 Å². The molecule has 2 aromatic carbocycles. The van der Waals surface area contributed by atoms with Crippen molar-refractivity contribution in [2.24, 2.45) is 14.1 Å². The maximum atomic E-state index is 2.43. The zero-order chi connectivity index (χ0) is 22.8. The molecule has 4 aromatic rings. The molecule has 1 aliphatic carbocycles. The summed E-state index contributed by atoms with van der Waals surface area (Å²) >= 11 is 0. The predicted octanol–water partition coefficient (Wildman–Crippen LogP) is 6.69. The van der Waals surface area contributed by atoms with Gasteiger partial charge in [0, 0.05) is 29.8 Å². The van der Waals surface area contributed by atoms with Gasteiger partial charge in [0.1, 0.15) is 14.1 Å². The Morgan fingerprint density at radius 3 is 2.21 bits per heavy atom. The SMILES string of the molecule is Cc1ccc(-c2ccccc2)cc1-c1cccc(-c2cc(C3CCCCC3)cc[n+]2C)[n+]1C. The minimum absolute atomic E-state index is 0.706. The molecule has 0 N–H and O–H groups in total. The molecule has 0 aliphatic heterocycles. The maximum absolute atomic E-state index is 2.43. The predicted molar refractivity (Wildman–Crippen MR) is 136 cm³/mol. The zero-order valence-electron chi connectivity index (χ0n) is 20.1. The molecule has 2 heteroatoms. The lowest BCUT2D eigenvalue weighted by molar-refractivity contribution is -0.685. The summed E-state index contributed by atoms with van der Waals surface area (Å²) in [4.78, 5) is 0. The molecular weight excluding hydrogens is 400 g/mol. The molecule has 166 valence electrons. The first-order chi connectivity index (χ1) is 16.1. The first-order valence-electron chi connectivity index (χ1n) is 12.3. The van der Waals surface area contributed by atoms with E-state index >= 15 is 0 Å². The van der Waals surface area contributed by atoms with E-state index in [1.165, 1.54) is 77.0 Å². The smallest absolute Gasteiger partial charge is 0.196 e. The van der Waals surface area contributed by atoms with Crippen molar-refractivity contribution in [1.82, 2.24) is 0 Å². The van der Waals surface area contributed by atoms with Gasteiger partial charge in [0.2, 0.25) is 5.69 Å². The van der Waals surface area contributed by atoms with E-state index in [9.17, 15) is 0 Å². The third-order valence-corrected chi connectivity index (χ3v) is 7.36. The summed E-state index contributed by atoms with van der Waals surface area (Å²) in [5, 5.41) is 0. The topological polar surface area (TPSA) is 7.76 Å². The van der Waals surface area contributed by atoms with Crippen LogP contribution in [0.1, 0.15) is 49.1 Å². The lowest BCUT2D eigenvalue weighted by Gasteiger charge is -2.21. The average Bonchev–Trinajstić information content (AvgIpc) is 2.86. The number of hydrogen-bond donors (Lipinski definition) is 0. The van der Waals surface area contributed by atoms with Crippen molar-refractivity contribution >= 4 is 0 Å². The van der Waals surface area contributed by atoms with Gasteiger partial charge < -0.3 is 0 Å². The number of aromatic nitrogens is 2. The molecule has 0 atom stereocenters. The van der Waals surface area contributed by atoms with Crippen molar-refractivity contribution < 1.29 is 9.13 Å². The van der Waals surface area contributed by atoms with E-state index in [0.717, 1.165) is 0 Å². The van der Waals surface area contributed by atoms with E-state index in [2.05, 4.69) is 115 Å². The summed E-state index contributed by atoms with van der Waals surface area (Å²) in [6, 6.07) is 28.9. The molecule has 0 saturated heterocycles. The van der Waals surface area contributed by atoms with Crippen molar-refractivity contribution in [2.75, 3.05) is 0 Å². The molecular formula is C31H34N2+2. The van der Waals surface area contributed by atoms with Crippen molar-refractivity contribution in [2.45, 2.75) is 44.9 Å². The Balaban J connectivity index is 1.59. The highest BCUT2D eigenvalue weighted by molar-refractivity contribution is 5.73. The van der Waals surface area contributed by atoms with Crippen LogP contribution in [-0.4, -0.2) is 0 Å². The second-order valence-electron chi connectivity index (χ2n) is 9.54. The number of hydrogen-bond acceptors (Lipinski definition) is 0. The van der Waals surface area contributed by atoms with Gasteiger partial charge in [0.25, 0.3) is 11.4 Å². The Morgan fingerprint density at radius 2 is 1.42 bits per heavy atom. The first-order valence-corrected chi connectivity index (χ1v) is 12.3. The van der Waals surface area contributed by atoms with Gasteiger partial charge in [-0.1, -0.05) is 61.7 Å². The van der Waals surface area contributed by atoms with Gasteiger partial charge >= 0.3 is 0 Å². The van der Waals surface area contributed by atoms with Gasteiger partial charge in [-0.3, -0.25) is 0 Å². The van der Waals surface area contributed by atoms with Crippen LogP contribution < -0.4 is 9.13 Å². The van der Waals surface area contributed by atoms with Crippen molar-refractivity contribution in [3.05, 3.63) is 96.2 Å². The Bertz CT molecular complexity index is 1270. The molecule has 0 spiro atoms. The van der Waals surface area contributed by atoms with E-state index in [1.807, 2.05) is 0 Å². The van der Waals surface area contributed by atoms with Crippen molar-refractivity contribution in [3.8, 4) is 33.8 Å². The Labute approximate surface area is 198 Å². The van der Waals surface area contributed by atoms with Crippen LogP contribution >= 0.6 is 0 Å². The molecule has 1 saturated carbocycles. The van der Waals surface area contributed by atoms with Crippen LogP contribution in [0.3, 0.4) is 0 Å². The molecule has 0 unspecified atom stereocenters. The molecule has 0 radical (unpaired) electrons. The second-order valence-corrected chi connectivity index (χ2v) is 9.54. The Morgan fingerprint density at radius 1 is 0.667 bits per heavy atom. The largest absolute Gasteiger partial charge is 0.277 e. The lowest BCUT2D eigenvalue weighted by atomic mass is 9.84. The molecule has 5 rings (SSSR count). The third kappa shape index (κ3) is 4.35. The normalized spacial score (nSPS) is 14.4. The highest BCUT2D eigenvalue weighted by Crippen LogP contribution is 2.33. The van der Waals surface area contributed by atoms with Gasteiger partial charge in [-0.25, -0.2) is 0 Å². The van der Waals surface area contributed by atoms with Crippen LogP contribution in [-0.2, 0) is 14.1 Å². The molecule has 2 nitrogen and oxygen atoms in total. The van der Waals surface area contributed by atoms with E-state index in [1.54, 1.807) is 0 Å². The highest BCUT2D eigenvalue weighted by atomic mass is 15.0. The molecule has 33 heavy (non-hydrogen) atoms. The van der Waals surface area contributed by atoms with Crippen molar-refractivity contribution in [1.29, 1.82) is 0 Å². The van der Waals surface area contributed by atoms with Crippen LogP contribution in [0.4, 0.5) is 0 Å². The van der Waals surface area contributed by atoms with Gasteiger partial charge in [0.15, 0.2) is 6.20 Å². The van der Waals surface area contributed by atoms with E-state index < -0.39 is 0 Å². The fourth-order valence-corrected chi connectivity index (χ4v) is 5.35. The summed E-state index contributed by atoms with van der Waals surface area (Å²) in [5.41, 5.74) is 10.3. The minimum Gasteiger partial charge on any atom is -0.196 e. The molecule has 1 fully saturated rings. The van der Waals surface area contributed by atoms with E-state index in [0.29, 0.717) is 5.92 Å². The number of nitrogens with zero attached hydrogens (tertiary/aromatic N) is 2. The second kappa shape index (κ2) is 9.31. The number of benzene rings is 2. The minimum atomic E-state index is 0.706. The highest BCUT2D eigenvalue weighted by Gasteiger charge is 2.26. The zero-order valence-corrected chi connectivity index (χ0v) is 20.1.